The molecule has 6 N–H and O–H groups in total. The van der Waals surface area contributed by atoms with Gasteiger partial charge in [-0.3, -0.25) is 4.79 Å². The van der Waals surface area contributed by atoms with Crippen molar-refractivity contribution in [2.24, 2.45) is 0 Å². The van der Waals surface area contributed by atoms with Crippen LogP contribution in [0.4, 0.5) is 0 Å². The smallest absolute Gasteiger partial charge is 0.220 e. The number of hydrogen-bond donors (Lipinski definition) is 6. The van der Waals surface area contributed by atoms with Crippen LogP contribution in [0.3, 0.4) is 0 Å². The predicted octanol–water partition coefficient (Wildman–Crippen LogP) is 6.22. The third-order valence-corrected chi connectivity index (χ3v) is 9.12. The van der Waals surface area contributed by atoms with Gasteiger partial charge in [0.25, 0.3) is 0 Å². The van der Waals surface area contributed by atoms with Gasteiger partial charge in [0.15, 0.2) is 6.29 Å². The standard InChI is InChI=1S/C37H71NO8/c1-3-5-7-9-11-13-15-16-17-18-20-22-24-26-31(40)30(29-45-37-36(44)35(43)34(42)32(28-39)46-37)38-33(41)27-25-23-21-19-14-12-10-8-6-4-2/h10,12,30-32,34-37,39-40,42-44H,3-9,11,13-29H2,1-2H3,(H,38,41)/b12-10-. The van der Waals surface area contributed by atoms with Gasteiger partial charge >= 0.3 is 0 Å². The topological polar surface area (TPSA) is 149 Å². The summed E-state index contributed by atoms with van der Waals surface area (Å²) in [6, 6.07) is -0.717. The second kappa shape index (κ2) is 28.9. The molecular formula is C37H71NO8. The molecule has 0 bridgehead atoms. The molecular weight excluding hydrogens is 586 g/mol. The molecule has 0 aliphatic carbocycles. The fourth-order valence-corrected chi connectivity index (χ4v) is 5.96. The highest BCUT2D eigenvalue weighted by atomic mass is 16.7. The number of hydrogen-bond acceptors (Lipinski definition) is 8. The Bertz CT molecular complexity index is 736. The number of rotatable bonds is 30. The van der Waals surface area contributed by atoms with Crippen LogP contribution in [-0.4, -0.2) is 87.5 Å². The van der Waals surface area contributed by atoms with Crippen LogP contribution < -0.4 is 5.32 Å². The normalized spacial score (nSPS) is 23.2. The molecule has 1 amide bonds. The van der Waals surface area contributed by atoms with Gasteiger partial charge < -0.3 is 40.3 Å². The number of amides is 1. The zero-order valence-electron chi connectivity index (χ0n) is 29.3. The minimum atomic E-state index is -1.55. The maximum absolute atomic E-state index is 12.8. The van der Waals surface area contributed by atoms with E-state index in [0.717, 1.165) is 57.8 Å². The number of allylic oxidation sites excluding steroid dienone is 2. The Labute approximate surface area is 280 Å². The van der Waals surface area contributed by atoms with Crippen molar-refractivity contribution < 1.29 is 39.8 Å². The lowest BCUT2D eigenvalue weighted by molar-refractivity contribution is -0.302. The lowest BCUT2D eigenvalue weighted by Gasteiger charge is -2.40. The van der Waals surface area contributed by atoms with Crippen LogP contribution in [0, 0.1) is 0 Å². The molecule has 1 saturated heterocycles. The largest absolute Gasteiger partial charge is 0.394 e. The average molecular weight is 658 g/mol. The van der Waals surface area contributed by atoms with E-state index in [1.165, 1.54) is 77.0 Å². The van der Waals surface area contributed by atoms with E-state index in [-0.39, 0.29) is 12.5 Å². The Morgan fingerprint density at radius 2 is 1.24 bits per heavy atom. The molecule has 46 heavy (non-hydrogen) atoms. The summed E-state index contributed by atoms with van der Waals surface area (Å²) in [5, 5.41) is 53.9. The van der Waals surface area contributed by atoms with Crippen molar-refractivity contribution in [1.29, 1.82) is 0 Å². The van der Waals surface area contributed by atoms with Gasteiger partial charge in [0.1, 0.15) is 24.4 Å². The molecule has 0 spiro atoms. The number of nitrogens with one attached hydrogen (secondary N) is 1. The van der Waals surface area contributed by atoms with Crippen LogP contribution in [0.2, 0.25) is 0 Å². The monoisotopic (exact) mass is 658 g/mol. The number of ether oxygens (including phenoxy) is 2. The van der Waals surface area contributed by atoms with Crippen LogP contribution >= 0.6 is 0 Å². The second-order valence-corrected chi connectivity index (χ2v) is 13.4. The van der Waals surface area contributed by atoms with Crippen LogP contribution in [0.15, 0.2) is 12.2 Å². The first-order valence-electron chi connectivity index (χ1n) is 18.9. The highest BCUT2D eigenvalue weighted by molar-refractivity contribution is 5.76. The van der Waals surface area contributed by atoms with Gasteiger partial charge in [0.2, 0.25) is 5.91 Å². The molecule has 0 saturated carbocycles. The van der Waals surface area contributed by atoms with E-state index in [0.29, 0.717) is 12.8 Å². The predicted molar refractivity (Wildman–Crippen MR) is 184 cm³/mol. The van der Waals surface area contributed by atoms with E-state index in [1.807, 2.05) is 0 Å². The van der Waals surface area contributed by atoms with E-state index in [9.17, 15) is 30.3 Å². The highest BCUT2D eigenvalue weighted by Crippen LogP contribution is 2.23. The Morgan fingerprint density at radius 3 is 1.83 bits per heavy atom. The molecule has 272 valence electrons. The van der Waals surface area contributed by atoms with Gasteiger partial charge in [-0.1, -0.05) is 135 Å². The minimum Gasteiger partial charge on any atom is -0.394 e. The van der Waals surface area contributed by atoms with Gasteiger partial charge in [-0.15, -0.1) is 0 Å². The summed E-state index contributed by atoms with van der Waals surface area (Å²) in [5.41, 5.74) is 0. The summed E-state index contributed by atoms with van der Waals surface area (Å²) in [4.78, 5) is 12.8. The lowest BCUT2D eigenvalue weighted by atomic mass is 9.99. The van der Waals surface area contributed by atoms with Crippen LogP contribution in [0.5, 0.6) is 0 Å². The molecule has 0 aromatic rings. The summed E-state index contributed by atoms with van der Waals surface area (Å²) >= 11 is 0. The Kier molecular flexibility index (Phi) is 27.0. The molecule has 1 heterocycles. The highest BCUT2D eigenvalue weighted by Gasteiger charge is 2.44. The van der Waals surface area contributed by atoms with Crippen molar-refractivity contribution >= 4 is 5.91 Å². The number of unbranched alkanes of at least 4 members (excludes halogenated alkanes) is 18. The van der Waals surface area contributed by atoms with E-state index in [2.05, 4.69) is 31.3 Å². The maximum atomic E-state index is 12.8. The second-order valence-electron chi connectivity index (χ2n) is 13.4. The molecule has 0 aromatic heterocycles. The van der Waals surface area contributed by atoms with Gasteiger partial charge in [-0.05, 0) is 32.1 Å². The van der Waals surface area contributed by atoms with Crippen molar-refractivity contribution in [1.82, 2.24) is 5.32 Å². The molecule has 1 aliphatic heterocycles. The summed E-state index contributed by atoms with van der Waals surface area (Å²) in [5.74, 6) is -0.161. The Balaban J connectivity index is 2.44. The van der Waals surface area contributed by atoms with Crippen molar-refractivity contribution in [2.45, 2.75) is 204 Å². The molecule has 9 nitrogen and oxygen atoms in total. The van der Waals surface area contributed by atoms with Gasteiger partial charge in [0, 0.05) is 6.42 Å². The van der Waals surface area contributed by atoms with E-state index < -0.39 is 49.5 Å². The third kappa shape index (κ3) is 20.3. The van der Waals surface area contributed by atoms with E-state index in [4.69, 9.17) is 9.47 Å². The van der Waals surface area contributed by atoms with Gasteiger partial charge in [-0.25, -0.2) is 0 Å². The Morgan fingerprint density at radius 1 is 0.717 bits per heavy atom. The minimum absolute atomic E-state index is 0.140. The molecule has 1 rings (SSSR count). The lowest BCUT2D eigenvalue weighted by Crippen LogP contribution is -2.60. The van der Waals surface area contributed by atoms with Crippen LogP contribution in [0.25, 0.3) is 0 Å². The number of carbonyl (C=O) groups is 1. The SMILES string of the molecule is CCCC/C=C\CCCCCCC(=O)NC(COC1OC(CO)C(O)C(O)C1O)C(O)CCCCCCCCCCCCCCC. The summed E-state index contributed by atoms with van der Waals surface area (Å²) in [6.45, 7) is 3.75. The third-order valence-electron chi connectivity index (χ3n) is 9.12. The number of carbonyl (C=O) groups excluding carboxylic acids is 1. The fraction of sp³-hybridized carbons (Fsp3) is 0.919. The molecule has 1 fully saturated rings. The van der Waals surface area contributed by atoms with Crippen LogP contribution in [-0.2, 0) is 14.3 Å². The fourth-order valence-electron chi connectivity index (χ4n) is 5.96. The van der Waals surface area contributed by atoms with Gasteiger partial charge in [-0.2, -0.15) is 0 Å². The quantitative estimate of drug-likeness (QED) is 0.0394. The zero-order chi connectivity index (χ0) is 33.8. The van der Waals surface area contributed by atoms with Crippen LogP contribution in [0.1, 0.15) is 162 Å². The van der Waals surface area contributed by atoms with E-state index in [1.54, 1.807) is 0 Å². The number of aliphatic hydroxyl groups is 5. The molecule has 0 radical (unpaired) electrons. The maximum Gasteiger partial charge on any atom is 0.220 e. The number of aliphatic hydroxyl groups excluding tert-OH is 5. The first kappa shape index (κ1) is 43.0. The first-order chi connectivity index (χ1) is 22.3. The molecule has 7 unspecified atom stereocenters. The summed E-state index contributed by atoms with van der Waals surface area (Å²) in [7, 11) is 0. The molecule has 0 aromatic carbocycles. The molecule has 9 heteroatoms. The van der Waals surface area contributed by atoms with Crippen molar-refractivity contribution in [3.05, 3.63) is 12.2 Å². The average Bonchev–Trinajstić information content (AvgIpc) is 3.05. The first-order valence-corrected chi connectivity index (χ1v) is 18.9. The van der Waals surface area contributed by atoms with Crippen molar-refractivity contribution in [3.8, 4) is 0 Å². The summed E-state index contributed by atoms with van der Waals surface area (Å²) < 4.78 is 11.2. The van der Waals surface area contributed by atoms with Crippen molar-refractivity contribution in [2.75, 3.05) is 13.2 Å². The summed E-state index contributed by atoms with van der Waals surface area (Å²) in [6.07, 6.45) is 22.2. The van der Waals surface area contributed by atoms with Crippen molar-refractivity contribution in [3.63, 3.8) is 0 Å². The molecule has 1 aliphatic rings. The Hall–Kier alpha value is -1.07. The van der Waals surface area contributed by atoms with Gasteiger partial charge in [0.05, 0.1) is 25.4 Å². The zero-order valence-corrected chi connectivity index (χ0v) is 29.3. The van der Waals surface area contributed by atoms with E-state index >= 15 is 0 Å². The molecule has 7 atom stereocenters.